The van der Waals surface area contributed by atoms with Crippen LogP contribution < -0.4 is 5.73 Å². The van der Waals surface area contributed by atoms with Crippen LogP contribution in [0.4, 0.5) is 0 Å². The molecule has 1 aliphatic carbocycles. The standard InChI is InChI=1S/C19H20N2O2S/c1-3-14-6-8-15(9-7-14)17-18(19(17,21)12-20)24(22,23)16-10-4-13(2)5-11-16/h4-11,17-18H,3,21H2,1-2H3/t17-,18+,19-/m1/s1. The van der Waals surface area contributed by atoms with Gasteiger partial charge in [-0.05, 0) is 36.6 Å². The molecule has 2 N–H and O–H groups in total. The van der Waals surface area contributed by atoms with Gasteiger partial charge in [0.2, 0.25) is 0 Å². The molecule has 1 saturated carbocycles. The maximum absolute atomic E-state index is 13.0. The van der Waals surface area contributed by atoms with E-state index in [0.717, 1.165) is 23.1 Å². The van der Waals surface area contributed by atoms with Crippen LogP contribution in [0.3, 0.4) is 0 Å². The minimum absolute atomic E-state index is 0.218. The second-order valence-corrected chi connectivity index (χ2v) is 8.47. The number of hydrogen-bond acceptors (Lipinski definition) is 4. The SMILES string of the molecule is CCc1ccc([C@@H]2[C@H](S(=O)(=O)c3ccc(C)cc3)[C@@]2(N)C#N)cc1. The molecule has 3 atom stereocenters. The molecule has 0 aliphatic heterocycles. The molecule has 0 saturated heterocycles. The fraction of sp³-hybridized carbons (Fsp3) is 0.316. The Labute approximate surface area is 142 Å². The van der Waals surface area contributed by atoms with Crippen LogP contribution in [0.25, 0.3) is 0 Å². The van der Waals surface area contributed by atoms with Gasteiger partial charge in [0, 0.05) is 5.92 Å². The predicted octanol–water partition coefficient (Wildman–Crippen LogP) is 2.72. The summed E-state index contributed by atoms with van der Waals surface area (Å²) in [6.07, 6.45) is 0.905. The number of benzene rings is 2. The van der Waals surface area contributed by atoms with Gasteiger partial charge in [-0.15, -0.1) is 0 Å². The lowest BCUT2D eigenvalue weighted by Crippen LogP contribution is -2.29. The van der Waals surface area contributed by atoms with E-state index in [0.29, 0.717) is 0 Å². The molecule has 0 bridgehead atoms. The summed E-state index contributed by atoms with van der Waals surface area (Å²) in [5.74, 6) is -0.500. The van der Waals surface area contributed by atoms with Crippen LogP contribution >= 0.6 is 0 Å². The summed E-state index contributed by atoms with van der Waals surface area (Å²) in [5.41, 5.74) is 7.72. The first kappa shape index (κ1) is 16.7. The van der Waals surface area contributed by atoms with E-state index in [1.54, 1.807) is 24.3 Å². The molecule has 0 radical (unpaired) electrons. The Morgan fingerprint density at radius 3 is 2.21 bits per heavy atom. The molecule has 0 amide bonds. The van der Waals surface area contributed by atoms with Crippen molar-refractivity contribution in [1.29, 1.82) is 5.26 Å². The molecule has 24 heavy (non-hydrogen) atoms. The average Bonchev–Trinajstić information content (AvgIpc) is 3.23. The van der Waals surface area contributed by atoms with Crippen molar-refractivity contribution >= 4 is 9.84 Å². The third kappa shape index (κ3) is 2.52. The van der Waals surface area contributed by atoms with Crippen molar-refractivity contribution in [2.75, 3.05) is 0 Å². The molecule has 3 rings (SSSR count). The second-order valence-electron chi connectivity index (χ2n) is 6.40. The topological polar surface area (TPSA) is 83.9 Å². The molecular formula is C19H20N2O2S. The normalized spacial score (nSPS) is 25.9. The third-order valence-electron chi connectivity index (χ3n) is 4.80. The zero-order chi connectivity index (χ0) is 17.5. The van der Waals surface area contributed by atoms with Crippen LogP contribution in [0.1, 0.15) is 29.5 Å². The Kier molecular flexibility index (Phi) is 3.98. The lowest BCUT2D eigenvalue weighted by Gasteiger charge is -2.05. The van der Waals surface area contributed by atoms with Crippen molar-refractivity contribution in [3.8, 4) is 6.07 Å². The van der Waals surface area contributed by atoms with Crippen LogP contribution in [-0.4, -0.2) is 19.2 Å². The van der Waals surface area contributed by atoms with Gasteiger partial charge in [-0.25, -0.2) is 8.42 Å². The van der Waals surface area contributed by atoms with E-state index in [2.05, 4.69) is 6.92 Å². The van der Waals surface area contributed by atoms with E-state index in [-0.39, 0.29) is 4.90 Å². The van der Waals surface area contributed by atoms with Crippen LogP contribution in [0.2, 0.25) is 0 Å². The first-order valence-electron chi connectivity index (χ1n) is 7.94. The molecule has 0 spiro atoms. The van der Waals surface area contributed by atoms with Gasteiger partial charge in [-0.1, -0.05) is 48.9 Å². The Bertz CT molecular complexity index is 896. The molecule has 2 aromatic rings. The molecule has 5 heteroatoms. The summed E-state index contributed by atoms with van der Waals surface area (Å²) in [6, 6.07) is 16.4. The molecule has 1 aliphatic rings. The van der Waals surface area contributed by atoms with E-state index in [1.165, 1.54) is 0 Å². The second kappa shape index (κ2) is 5.73. The zero-order valence-electron chi connectivity index (χ0n) is 13.7. The molecular weight excluding hydrogens is 320 g/mol. The third-order valence-corrected chi connectivity index (χ3v) is 7.06. The van der Waals surface area contributed by atoms with Gasteiger partial charge >= 0.3 is 0 Å². The minimum atomic E-state index is -3.66. The van der Waals surface area contributed by atoms with Crippen molar-refractivity contribution in [3.05, 3.63) is 65.2 Å². The maximum Gasteiger partial charge on any atom is 0.184 e. The minimum Gasteiger partial charge on any atom is -0.312 e. The van der Waals surface area contributed by atoms with E-state index in [4.69, 9.17) is 5.73 Å². The Balaban J connectivity index is 2.00. The lowest BCUT2D eigenvalue weighted by atomic mass is 10.0. The number of sulfone groups is 1. The molecule has 0 unspecified atom stereocenters. The van der Waals surface area contributed by atoms with Crippen LogP contribution in [0.15, 0.2) is 53.4 Å². The summed E-state index contributed by atoms with van der Waals surface area (Å²) in [5, 5.41) is 8.57. The van der Waals surface area contributed by atoms with Gasteiger partial charge in [-0.3, -0.25) is 0 Å². The number of aryl methyl sites for hydroxylation is 2. The fourth-order valence-electron chi connectivity index (χ4n) is 3.23. The number of nitrogens with two attached hydrogens (primary N) is 1. The summed E-state index contributed by atoms with van der Waals surface area (Å²) in [4.78, 5) is 0.218. The van der Waals surface area contributed by atoms with E-state index >= 15 is 0 Å². The molecule has 124 valence electrons. The van der Waals surface area contributed by atoms with E-state index < -0.39 is 26.5 Å². The van der Waals surface area contributed by atoms with Crippen molar-refractivity contribution in [3.63, 3.8) is 0 Å². The monoisotopic (exact) mass is 340 g/mol. The Morgan fingerprint density at radius 2 is 1.71 bits per heavy atom. The Morgan fingerprint density at radius 1 is 1.12 bits per heavy atom. The number of hydrogen-bond donors (Lipinski definition) is 1. The summed E-state index contributed by atoms with van der Waals surface area (Å²) < 4.78 is 25.9. The number of nitrogens with zero attached hydrogens (tertiary/aromatic N) is 1. The van der Waals surface area contributed by atoms with Gasteiger partial charge in [0.1, 0.15) is 10.8 Å². The molecule has 4 nitrogen and oxygen atoms in total. The molecule has 0 heterocycles. The first-order valence-corrected chi connectivity index (χ1v) is 9.48. The average molecular weight is 340 g/mol. The number of nitriles is 1. The van der Waals surface area contributed by atoms with Crippen molar-refractivity contribution in [2.45, 2.75) is 41.9 Å². The quantitative estimate of drug-likeness (QED) is 0.927. The highest BCUT2D eigenvalue weighted by molar-refractivity contribution is 7.92. The highest BCUT2D eigenvalue weighted by Gasteiger charge is 2.70. The van der Waals surface area contributed by atoms with Gasteiger partial charge in [-0.2, -0.15) is 5.26 Å². The van der Waals surface area contributed by atoms with Gasteiger partial charge in [0.25, 0.3) is 0 Å². The van der Waals surface area contributed by atoms with Crippen molar-refractivity contribution in [2.24, 2.45) is 5.73 Å². The van der Waals surface area contributed by atoms with Crippen molar-refractivity contribution in [1.82, 2.24) is 0 Å². The summed E-state index contributed by atoms with van der Waals surface area (Å²) in [6.45, 7) is 3.95. The smallest absolute Gasteiger partial charge is 0.184 e. The largest absolute Gasteiger partial charge is 0.312 e. The first-order chi connectivity index (χ1) is 11.3. The fourth-order valence-corrected chi connectivity index (χ4v) is 5.41. The summed E-state index contributed by atoms with van der Waals surface area (Å²) in [7, 11) is -3.66. The molecule has 1 fully saturated rings. The van der Waals surface area contributed by atoms with Crippen LogP contribution in [-0.2, 0) is 16.3 Å². The molecule has 0 aromatic heterocycles. The number of rotatable bonds is 4. The Hall–Kier alpha value is -2.16. The molecule has 2 aromatic carbocycles. The van der Waals surface area contributed by atoms with E-state index in [1.807, 2.05) is 37.3 Å². The van der Waals surface area contributed by atoms with Gasteiger partial charge in [0.15, 0.2) is 9.84 Å². The predicted molar refractivity (Wildman–Crippen MR) is 93.2 cm³/mol. The maximum atomic E-state index is 13.0. The van der Waals surface area contributed by atoms with Crippen LogP contribution in [0, 0.1) is 18.3 Å². The lowest BCUT2D eigenvalue weighted by molar-refractivity contribution is 0.592. The highest BCUT2D eigenvalue weighted by atomic mass is 32.2. The van der Waals surface area contributed by atoms with Gasteiger partial charge < -0.3 is 5.73 Å². The van der Waals surface area contributed by atoms with Gasteiger partial charge in [0.05, 0.1) is 11.0 Å². The highest BCUT2D eigenvalue weighted by Crippen LogP contribution is 2.55. The van der Waals surface area contributed by atoms with E-state index in [9.17, 15) is 13.7 Å². The van der Waals surface area contributed by atoms with Crippen molar-refractivity contribution < 1.29 is 8.42 Å². The van der Waals surface area contributed by atoms with Crippen LogP contribution in [0.5, 0.6) is 0 Å². The summed E-state index contributed by atoms with van der Waals surface area (Å²) >= 11 is 0. The zero-order valence-corrected chi connectivity index (χ0v) is 14.5.